The SMILES string of the molecule is Oc1ccc(NSN2CCN(c3ccc(Cl)cn3)CC2)nc1. The predicted octanol–water partition coefficient (Wildman–Crippen LogP) is 2.63. The highest BCUT2D eigenvalue weighted by Gasteiger charge is 2.18. The molecule has 1 aliphatic heterocycles. The van der Waals surface area contributed by atoms with Gasteiger partial charge in [0, 0.05) is 44.5 Å². The lowest BCUT2D eigenvalue weighted by atomic mass is 10.3. The summed E-state index contributed by atoms with van der Waals surface area (Å²) in [6, 6.07) is 7.17. The Kier molecular flexibility index (Phi) is 4.87. The molecule has 22 heavy (non-hydrogen) atoms. The summed E-state index contributed by atoms with van der Waals surface area (Å²) in [5.41, 5.74) is 0. The van der Waals surface area contributed by atoms with Gasteiger partial charge in [0.05, 0.1) is 11.2 Å². The van der Waals surface area contributed by atoms with E-state index in [1.165, 1.54) is 18.3 Å². The van der Waals surface area contributed by atoms with Crippen LogP contribution in [0.5, 0.6) is 5.75 Å². The van der Waals surface area contributed by atoms with Crippen LogP contribution in [-0.4, -0.2) is 45.6 Å². The number of aromatic hydroxyl groups is 1. The molecule has 6 nitrogen and oxygen atoms in total. The van der Waals surface area contributed by atoms with Crippen LogP contribution in [0.1, 0.15) is 0 Å². The number of rotatable bonds is 4. The zero-order valence-corrected chi connectivity index (χ0v) is 13.4. The van der Waals surface area contributed by atoms with Gasteiger partial charge >= 0.3 is 0 Å². The highest BCUT2D eigenvalue weighted by Crippen LogP contribution is 2.20. The van der Waals surface area contributed by atoms with E-state index in [1.54, 1.807) is 18.3 Å². The Morgan fingerprint density at radius 2 is 1.86 bits per heavy atom. The normalized spacial score (nSPS) is 15.8. The second-order valence-corrected chi connectivity index (χ2v) is 6.19. The molecule has 0 atom stereocenters. The predicted molar refractivity (Wildman–Crippen MR) is 90.1 cm³/mol. The lowest BCUT2D eigenvalue weighted by Gasteiger charge is -2.34. The minimum Gasteiger partial charge on any atom is -0.506 e. The average Bonchev–Trinajstić information content (AvgIpc) is 2.56. The molecule has 0 aromatic carbocycles. The van der Waals surface area contributed by atoms with E-state index in [0.717, 1.165) is 37.8 Å². The van der Waals surface area contributed by atoms with E-state index in [1.807, 2.05) is 12.1 Å². The van der Waals surface area contributed by atoms with Crippen LogP contribution in [0.2, 0.25) is 5.02 Å². The molecule has 116 valence electrons. The Morgan fingerprint density at radius 3 is 2.50 bits per heavy atom. The molecule has 0 radical (unpaired) electrons. The van der Waals surface area contributed by atoms with Gasteiger partial charge in [0.1, 0.15) is 17.4 Å². The standard InChI is InChI=1S/C14H16ClN5OS/c15-11-1-4-14(17-9-11)19-5-7-20(8-6-19)22-18-13-3-2-12(21)10-16-13/h1-4,9-10,21H,5-8H2,(H,16,18). The molecule has 0 aliphatic carbocycles. The van der Waals surface area contributed by atoms with Crippen LogP contribution in [0.15, 0.2) is 36.7 Å². The maximum absolute atomic E-state index is 9.20. The smallest absolute Gasteiger partial charge is 0.137 e. The zero-order valence-electron chi connectivity index (χ0n) is 11.8. The number of aromatic nitrogens is 2. The number of hydrogen-bond donors (Lipinski definition) is 2. The Bertz CT molecular complexity index is 602. The largest absolute Gasteiger partial charge is 0.506 e. The van der Waals surface area contributed by atoms with Gasteiger partial charge in [0.2, 0.25) is 0 Å². The monoisotopic (exact) mass is 337 g/mol. The number of hydrogen-bond acceptors (Lipinski definition) is 7. The summed E-state index contributed by atoms with van der Waals surface area (Å²) >= 11 is 7.39. The van der Waals surface area contributed by atoms with Crippen molar-refractivity contribution in [1.29, 1.82) is 0 Å². The minimum absolute atomic E-state index is 0.166. The molecule has 1 aliphatic rings. The first kappa shape index (κ1) is 15.2. The van der Waals surface area contributed by atoms with Gasteiger partial charge in [-0.2, -0.15) is 0 Å². The van der Waals surface area contributed by atoms with Crippen LogP contribution < -0.4 is 9.62 Å². The maximum atomic E-state index is 9.20. The number of nitrogens with zero attached hydrogens (tertiary/aromatic N) is 4. The topological polar surface area (TPSA) is 64.5 Å². The first-order chi connectivity index (χ1) is 10.7. The van der Waals surface area contributed by atoms with E-state index in [4.69, 9.17) is 11.6 Å². The maximum Gasteiger partial charge on any atom is 0.137 e. The summed E-state index contributed by atoms with van der Waals surface area (Å²) in [4.78, 5) is 10.7. The highest BCUT2D eigenvalue weighted by atomic mass is 35.5. The van der Waals surface area contributed by atoms with Crippen molar-refractivity contribution in [1.82, 2.24) is 14.3 Å². The van der Waals surface area contributed by atoms with Crippen LogP contribution in [0, 0.1) is 0 Å². The summed E-state index contributed by atoms with van der Waals surface area (Å²) in [6.45, 7) is 3.65. The molecule has 2 aromatic heterocycles. The zero-order chi connectivity index (χ0) is 15.4. The van der Waals surface area contributed by atoms with E-state index in [0.29, 0.717) is 5.02 Å². The van der Waals surface area contributed by atoms with Gasteiger partial charge in [-0.1, -0.05) is 11.6 Å². The van der Waals surface area contributed by atoms with E-state index >= 15 is 0 Å². The van der Waals surface area contributed by atoms with Crippen LogP contribution in [0.25, 0.3) is 0 Å². The average molecular weight is 338 g/mol. The Morgan fingerprint density at radius 1 is 1.05 bits per heavy atom. The number of piperazine rings is 1. The fraction of sp³-hybridized carbons (Fsp3) is 0.286. The van der Waals surface area contributed by atoms with Crippen LogP contribution in [-0.2, 0) is 0 Å². The molecular weight excluding hydrogens is 322 g/mol. The molecule has 3 rings (SSSR count). The van der Waals surface area contributed by atoms with Crippen molar-refractivity contribution in [3.63, 3.8) is 0 Å². The van der Waals surface area contributed by atoms with Gasteiger partial charge in [-0.3, -0.25) is 0 Å². The molecule has 0 unspecified atom stereocenters. The third kappa shape index (κ3) is 3.94. The van der Waals surface area contributed by atoms with Gasteiger partial charge < -0.3 is 14.7 Å². The molecule has 1 fully saturated rings. The van der Waals surface area contributed by atoms with Crippen molar-refractivity contribution in [3.8, 4) is 5.75 Å². The van der Waals surface area contributed by atoms with Crippen molar-refractivity contribution in [2.45, 2.75) is 0 Å². The number of nitrogens with one attached hydrogen (secondary N) is 1. The van der Waals surface area contributed by atoms with Gasteiger partial charge in [-0.05, 0) is 24.3 Å². The summed E-state index contributed by atoms with van der Waals surface area (Å²) in [6.07, 6.45) is 3.10. The summed E-state index contributed by atoms with van der Waals surface area (Å²) in [5, 5.41) is 9.86. The fourth-order valence-corrected chi connectivity index (χ4v) is 2.92. The molecule has 2 aromatic rings. The van der Waals surface area contributed by atoms with Crippen molar-refractivity contribution >= 4 is 35.4 Å². The highest BCUT2D eigenvalue weighted by molar-refractivity contribution is 7.98. The summed E-state index contributed by atoms with van der Waals surface area (Å²) in [5.74, 6) is 1.85. The van der Waals surface area contributed by atoms with Gasteiger partial charge in [0.25, 0.3) is 0 Å². The molecule has 3 heterocycles. The third-order valence-electron chi connectivity index (χ3n) is 3.30. The lowest BCUT2D eigenvalue weighted by Crippen LogP contribution is -2.44. The van der Waals surface area contributed by atoms with Gasteiger partial charge in [0.15, 0.2) is 0 Å². The van der Waals surface area contributed by atoms with Crippen LogP contribution in [0.3, 0.4) is 0 Å². The molecule has 0 spiro atoms. The van der Waals surface area contributed by atoms with E-state index < -0.39 is 0 Å². The molecular formula is C14H16ClN5OS. The molecule has 0 bridgehead atoms. The lowest BCUT2D eigenvalue weighted by molar-refractivity contribution is 0.429. The van der Waals surface area contributed by atoms with E-state index in [-0.39, 0.29) is 5.75 Å². The second kappa shape index (κ2) is 7.04. The van der Waals surface area contributed by atoms with Crippen molar-refractivity contribution in [3.05, 3.63) is 41.7 Å². The Hall–Kier alpha value is -1.70. The Balaban J connectivity index is 1.47. The molecule has 0 saturated carbocycles. The second-order valence-electron chi connectivity index (χ2n) is 4.85. The number of anilines is 2. The summed E-state index contributed by atoms with van der Waals surface area (Å²) in [7, 11) is 0. The number of pyridine rings is 2. The molecule has 0 amide bonds. The van der Waals surface area contributed by atoms with E-state index in [2.05, 4.69) is 23.9 Å². The van der Waals surface area contributed by atoms with Crippen LogP contribution in [0.4, 0.5) is 11.6 Å². The van der Waals surface area contributed by atoms with E-state index in [9.17, 15) is 5.11 Å². The van der Waals surface area contributed by atoms with Gasteiger partial charge in [-0.25, -0.2) is 14.3 Å². The van der Waals surface area contributed by atoms with Crippen molar-refractivity contribution in [2.75, 3.05) is 35.8 Å². The Labute approximate surface area is 138 Å². The van der Waals surface area contributed by atoms with Crippen molar-refractivity contribution < 1.29 is 5.11 Å². The first-order valence-corrected chi connectivity index (χ1v) is 8.05. The molecule has 2 N–H and O–H groups in total. The molecule has 8 heteroatoms. The first-order valence-electron chi connectivity index (χ1n) is 6.90. The third-order valence-corrected chi connectivity index (χ3v) is 4.45. The fourth-order valence-electron chi connectivity index (χ4n) is 2.12. The number of halogens is 1. The minimum atomic E-state index is 0.166. The van der Waals surface area contributed by atoms with Crippen LogP contribution >= 0.6 is 23.7 Å². The molecule has 1 saturated heterocycles. The summed E-state index contributed by atoms with van der Waals surface area (Å²) < 4.78 is 5.41. The van der Waals surface area contributed by atoms with Gasteiger partial charge in [-0.15, -0.1) is 0 Å². The quantitative estimate of drug-likeness (QED) is 0.831. The van der Waals surface area contributed by atoms with Crippen molar-refractivity contribution in [2.24, 2.45) is 0 Å².